The Balaban J connectivity index is 3.38. The number of benzene rings is 1. The fraction of sp³-hybridized carbons (Fsp3) is 0.333. The summed E-state index contributed by atoms with van der Waals surface area (Å²) in [6.07, 6.45) is 0. The molecule has 0 unspecified atom stereocenters. The quantitative estimate of drug-likeness (QED) is 0.734. The molecule has 0 fully saturated rings. The molecular formula is C9H11FO2S. The molecule has 0 N–H and O–H groups in total. The third-order valence-electron chi connectivity index (χ3n) is 1.87. The van der Waals surface area contributed by atoms with Crippen molar-refractivity contribution in [3.05, 3.63) is 29.6 Å². The van der Waals surface area contributed by atoms with E-state index in [-0.39, 0.29) is 10.6 Å². The van der Waals surface area contributed by atoms with Crippen molar-refractivity contribution in [1.29, 1.82) is 0 Å². The lowest BCUT2D eigenvalue weighted by molar-refractivity contribution is 0.591. The Labute approximate surface area is 77.3 Å². The fourth-order valence-corrected chi connectivity index (χ4v) is 2.23. The highest BCUT2D eigenvalue weighted by Gasteiger charge is 2.14. The maximum atomic E-state index is 12.7. The van der Waals surface area contributed by atoms with E-state index < -0.39 is 15.7 Å². The van der Waals surface area contributed by atoms with Crippen molar-refractivity contribution < 1.29 is 12.8 Å². The van der Waals surface area contributed by atoms with E-state index in [9.17, 15) is 12.8 Å². The lowest BCUT2D eigenvalue weighted by Crippen LogP contribution is -2.06. The summed E-state index contributed by atoms with van der Waals surface area (Å²) in [5, 5.41) is 0. The predicted octanol–water partition coefficient (Wildman–Crippen LogP) is 1.93. The van der Waals surface area contributed by atoms with Crippen molar-refractivity contribution in [2.45, 2.75) is 18.7 Å². The highest BCUT2D eigenvalue weighted by molar-refractivity contribution is 7.91. The first kappa shape index (κ1) is 10.2. The Morgan fingerprint density at radius 2 is 2.00 bits per heavy atom. The molecule has 0 aliphatic rings. The Morgan fingerprint density at radius 1 is 1.38 bits per heavy atom. The summed E-state index contributed by atoms with van der Waals surface area (Å²) in [6, 6.07) is 3.79. The van der Waals surface area contributed by atoms with E-state index in [4.69, 9.17) is 0 Å². The molecule has 1 aromatic carbocycles. The van der Waals surface area contributed by atoms with Gasteiger partial charge in [-0.25, -0.2) is 12.8 Å². The van der Waals surface area contributed by atoms with Crippen LogP contribution in [-0.2, 0) is 9.84 Å². The van der Waals surface area contributed by atoms with Crippen LogP contribution in [0, 0.1) is 12.7 Å². The zero-order chi connectivity index (χ0) is 10.1. The van der Waals surface area contributed by atoms with Gasteiger partial charge in [-0.2, -0.15) is 0 Å². The largest absolute Gasteiger partial charge is 0.224 e. The minimum atomic E-state index is -3.29. The number of hydrogen-bond acceptors (Lipinski definition) is 2. The molecule has 0 heterocycles. The topological polar surface area (TPSA) is 34.1 Å². The average molecular weight is 202 g/mol. The minimum absolute atomic E-state index is 0.00269. The zero-order valence-electron chi connectivity index (χ0n) is 7.54. The molecule has 1 aromatic rings. The van der Waals surface area contributed by atoms with Gasteiger partial charge in [0.05, 0.1) is 10.6 Å². The Hall–Kier alpha value is -0.900. The summed E-state index contributed by atoms with van der Waals surface area (Å²) in [5.74, 6) is -0.519. The fourth-order valence-electron chi connectivity index (χ4n) is 1.06. The van der Waals surface area contributed by atoms with Gasteiger partial charge in [0, 0.05) is 0 Å². The van der Waals surface area contributed by atoms with Crippen molar-refractivity contribution in [1.82, 2.24) is 0 Å². The van der Waals surface area contributed by atoms with Crippen LogP contribution in [0.1, 0.15) is 12.5 Å². The summed E-state index contributed by atoms with van der Waals surface area (Å²) in [6.45, 7) is 3.20. The van der Waals surface area contributed by atoms with E-state index >= 15 is 0 Å². The van der Waals surface area contributed by atoms with E-state index in [1.165, 1.54) is 12.1 Å². The number of halogens is 1. The van der Waals surface area contributed by atoms with Gasteiger partial charge in [0.1, 0.15) is 5.82 Å². The average Bonchev–Trinajstić information content (AvgIpc) is 2.09. The second kappa shape index (κ2) is 3.46. The second-order valence-electron chi connectivity index (χ2n) is 2.81. The van der Waals surface area contributed by atoms with Crippen LogP contribution in [0.2, 0.25) is 0 Å². The number of aryl methyl sites for hydroxylation is 1. The molecule has 1 rings (SSSR count). The van der Waals surface area contributed by atoms with E-state index in [0.717, 1.165) is 6.07 Å². The molecule has 72 valence electrons. The van der Waals surface area contributed by atoms with Crippen molar-refractivity contribution in [3.63, 3.8) is 0 Å². The van der Waals surface area contributed by atoms with E-state index in [0.29, 0.717) is 5.56 Å². The Bertz CT molecular complexity index is 410. The highest BCUT2D eigenvalue weighted by Crippen LogP contribution is 2.17. The zero-order valence-corrected chi connectivity index (χ0v) is 8.36. The van der Waals surface area contributed by atoms with Crippen LogP contribution in [-0.4, -0.2) is 14.2 Å². The third kappa shape index (κ3) is 2.06. The molecule has 0 aromatic heterocycles. The SMILES string of the molecule is CCS(=O)(=O)c1cc(F)ccc1C. The molecule has 0 spiro atoms. The molecule has 0 aliphatic heterocycles. The standard InChI is InChI=1S/C9H11FO2S/c1-3-13(11,12)9-6-8(10)5-4-7(9)2/h4-6H,3H2,1-2H3. The van der Waals surface area contributed by atoms with Gasteiger partial charge in [0.25, 0.3) is 0 Å². The first-order chi connectivity index (χ1) is 5.97. The van der Waals surface area contributed by atoms with E-state index in [2.05, 4.69) is 0 Å². The third-order valence-corrected chi connectivity index (χ3v) is 3.74. The first-order valence-electron chi connectivity index (χ1n) is 3.96. The van der Waals surface area contributed by atoms with Crippen LogP contribution in [0.15, 0.2) is 23.1 Å². The van der Waals surface area contributed by atoms with Crippen LogP contribution in [0.3, 0.4) is 0 Å². The maximum absolute atomic E-state index is 12.7. The van der Waals surface area contributed by atoms with Gasteiger partial charge >= 0.3 is 0 Å². The van der Waals surface area contributed by atoms with Crippen LogP contribution in [0.25, 0.3) is 0 Å². The van der Waals surface area contributed by atoms with Gasteiger partial charge < -0.3 is 0 Å². The van der Waals surface area contributed by atoms with Crippen LogP contribution < -0.4 is 0 Å². The summed E-state index contributed by atoms with van der Waals surface area (Å²) < 4.78 is 35.6. The van der Waals surface area contributed by atoms with Gasteiger partial charge in [-0.3, -0.25) is 0 Å². The van der Waals surface area contributed by atoms with Gasteiger partial charge in [0.2, 0.25) is 0 Å². The number of rotatable bonds is 2. The Morgan fingerprint density at radius 3 is 2.54 bits per heavy atom. The molecule has 2 nitrogen and oxygen atoms in total. The van der Waals surface area contributed by atoms with Crippen LogP contribution >= 0.6 is 0 Å². The lowest BCUT2D eigenvalue weighted by atomic mass is 10.2. The molecule has 0 atom stereocenters. The molecule has 13 heavy (non-hydrogen) atoms. The molecule has 4 heteroatoms. The van der Waals surface area contributed by atoms with Gasteiger partial charge in [-0.15, -0.1) is 0 Å². The van der Waals surface area contributed by atoms with E-state index in [1.807, 2.05) is 0 Å². The number of hydrogen-bond donors (Lipinski definition) is 0. The molecule has 0 aliphatic carbocycles. The van der Waals surface area contributed by atoms with Crippen molar-refractivity contribution in [2.75, 3.05) is 5.75 Å². The summed E-state index contributed by atoms with van der Waals surface area (Å²) >= 11 is 0. The van der Waals surface area contributed by atoms with Crippen molar-refractivity contribution >= 4 is 9.84 Å². The van der Waals surface area contributed by atoms with Gasteiger partial charge in [0.15, 0.2) is 9.84 Å². The first-order valence-corrected chi connectivity index (χ1v) is 5.61. The van der Waals surface area contributed by atoms with Gasteiger partial charge in [-0.1, -0.05) is 13.0 Å². The normalized spacial score (nSPS) is 11.6. The van der Waals surface area contributed by atoms with Crippen molar-refractivity contribution in [3.8, 4) is 0 Å². The molecule has 0 bridgehead atoms. The van der Waals surface area contributed by atoms with Crippen LogP contribution in [0.4, 0.5) is 4.39 Å². The monoisotopic (exact) mass is 202 g/mol. The predicted molar refractivity (Wildman–Crippen MR) is 48.9 cm³/mol. The maximum Gasteiger partial charge on any atom is 0.178 e. The lowest BCUT2D eigenvalue weighted by Gasteiger charge is -2.04. The summed E-state index contributed by atoms with van der Waals surface area (Å²) in [4.78, 5) is 0.0926. The number of sulfone groups is 1. The summed E-state index contributed by atoms with van der Waals surface area (Å²) in [5.41, 5.74) is 0.586. The Kier molecular flexibility index (Phi) is 2.71. The highest BCUT2D eigenvalue weighted by atomic mass is 32.2. The van der Waals surface area contributed by atoms with E-state index in [1.54, 1.807) is 13.8 Å². The second-order valence-corrected chi connectivity index (χ2v) is 5.06. The molecule has 0 radical (unpaired) electrons. The molecule has 0 saturated heterocycles. The minimum Gasteiger partial charge on any atom is -0.224 e. The smallest absolute Gasteiger partial charge is 0.178 e. The van der Waals surface area contributed by atoms with Crippen molar-refractivity contribution in [2.24, 2.45) is 0 Å². The molecule has 0 amide bonds. The van der Waals surface area contributed by atoms with Crippen LogP contribution in [0.5, 0.6) is 0 Å². The van der Waals surface area contributed by atoms with Gasteiger partial charge in [-0.05, 0) is 24.6 Å². The molecular weight excluding hydrogens is 191 g/mol. The molecule has 0 saturated carbocycles. The summed E-state index contributed by atoms with van der Waals surface area (Å²) in [7, 11) is -3.29.